The number of ether oxygens (including phenoxy) is 1. The van der Waals surface area contributed by atoms with Crippen LogP contribution in [0, 0.1) is 17.0 Å². The van der Waals surface area contributed by atoms with Gasteiger partial charge in [0.2, 0.25) is 0 Å². The number of nitro benzene ring substituents is 1. The number of halogens is 1. The first-order chi connectivity index (χ1) is 8.58. The Bertz CT molecular complexity index is 450. The molecule has 18 heavy (non-hydrogen) atoms. The van der Waals surface area contributed by atoms with Crippen LogP contribution in [0.4, 0.5) is 10.1 Å². The van der Waals surface area contributed by atoms with Crippen molar-refractivity contribution in [2.45, 2.75) is 44.9 Å². The second-order valence-electron chi connectivity index (χ2n) is 4.66. The molecule has 1 aliphatic carbocycles. The van der Waals surface area contributed by atoms with Gasteiger partial charge in [-0.3, -0.25) is 10.1 Å². The Hall–Kier alpha value is -1.65. The van der Waals surface area contributed by atoms with Crippen LogP contribution in [0.1, 0.15) is 31.2 Å². The summed E-state index contributed by atoms with van der Waals surface area (Å²) in [5.41, 5.74) is 0.697. The maximum atomic E-state index is 13.6. The largest absolute Gasteiger partial charge is 0.487 e. The highest BCUT2D eigenvalue weighted by Crippen LogP contribution is 2.29. The number of hydrogen-bond acceptors (Lipinski definition) is 3. The minimum absolute atomic E-state index is 0.0280. The van der Waals surface area contributed by atoms with Crippen LogP contribution in [0.25, 0.3) is 0 Å². The Kier molecular flexibility index (Phi) is 3.79. The quantitative estimate of drug-likeness (QED) is 0.611. The van der Waals surface area contributed by atoms with Gasteiger partial charge in [-0.2, -0.15) is 0 Å². The van der Waals surface area contributed by atoms with Crippen LogP contribution in [-0.4, -0.2) is 17.2 Å². The lowest BCUT2D eigenvalue weighted by molar-refractivity contribution is -0.384. The summed E-state index contributed by atoms with van der Waals surface area (Å²) >= 11 is 0. The topological polar surface area (TPSA) is 52.4 Å². The molecule has 0 N–H and O–H groups in total. The van der Waals surface area contributed by atoms with E-state index < -0.39 is 17.2 Å². The molecule has 2 rings (SSSR count). The van der Waals surface area contributed by atoms with Crippen molar-refractivity contribution in [2.75, 3.05) is 0 Å². The number of nitro groups is 1. The molecule has 1 aliphatic rings. The zero-order chi connectivity index (χ0) is 13.1. The normalized spacial score (nSPS) is 23.7. The summed E-state index contributed by atoms with van der Waals surface area (Å²) in [5, 5.41) is 10.6. The standard InChI is InChI=1S/C13H16FNO3/c1-9-8-10(15(16)17)6-7-12(9)18-13-5-3-2-4-11(13)14/h6-8,11,13H,2-5H2,1H3/t11-,13-/m0/s1. The van der Waals surface area contributed by atoms with E-state index in [9.17, 15) is 14.5 Å². The third-order valence-electron chi connectivity index (χ3n) is 3.27. The molecule has 0 unspecified atom stereocenters. The Labute approximate surface area is 105 Å². The molecule has 0 saturated heterocycles. The van der Waals surface area contributed by atoms with E-state index in [1.165, 1.54) is 12.1 Å². The van der Waals surface area contributed by atoms with Gasteiger partial charge in [0.1, 0.15) is 18.0 Å². The molecule has 5 heteroatoms. The van der Waals surface area contributed by atoms with Crippen molar-refractivity contribution in [3.05, 3.63) is 33.9 Å². The number of rotatable bonds is 3. The van der Waals surface area contributed by atoms with Crippen LogP contribution in [-0.2, 0) is 0 Å². The zero-order valence-electron chi connectivity index (χ0n) is 10.3. The third-order valence-corrected chi connectivity index (χ3v) is 3.27. The van der Waals surface area contributed by atoms with Crippen molar-refractivity contribution in [1.29, 1.82) is 0 Å². The van der Waals surface area contributed by atoms with Gasteiger partial charge >= 0.3 is 0 Å². The van der Waals surface area contributed by atoms with Gasteiger partial charge in [-0.25, -0.2) is 4.39 Å². The number of non-ortho nitro benzene ring substituents is 1. The van der Waals surface area contributed by atoms with Gasteiger partial charge < -0.3 is 4.74 Å². The summed E-state index contributed by atoms with van der Waals surface area (Å²) in [6, 6.07) is 4.39. The highest BCUT2D eigenvalue weighted by Gasteiger charge is 2.27. The van der Waals surface area contributed by atoms with Crippen molar-refractivity contribution < 1.29 is 14.1 Å². The predicted octanol–water partition coefficient (Wildman–Crippen LogP) is 3.56. The van der Waals surface area contributed by atoms with Gasteiger partial charge in [0.15, 0.2) is 0 Å². The molecule has 1 aromatic rings. The van der Waals surface area contributed by atoms with Crippen LogP contribution in [0.3, 0.4) is 0 Å². The molecular weight excluding hydrogens is 237 g/mol. The fourth-order valence-electron chi connectivity index (χ4n) is 2.23. The molecule has 98 valence electrons. The second-order valence-corrected chi connectivity index (χ2v) is 4.66. The van der Waals surface area contributed by atoms with Crippen LogP contribution < -0.4 is 4.74 Å². The van der Waals surface area contributed by atoms with E-state index in [-0.39, 0.29) is 5.69 Å². The average Bonchev–Trinajstić information content (AvgIpc) is 2.34. The first kappa shape index (κ1) is 12.8. The lowest BCUT2D eigenvalue weighted by atomic mass is 9.96. The van der Waals surface area contributed by atoms with Crippen LogP contribution in [0.5, 0.6) is 5.75 Å². The van der Waals surface area contributed by atoms with Crippen molar-refractivity contribution >= 4 is 5.69 Å². The highest BCUT2D eigenvalue weighted by molar-refractivity contribution is 5.43. The summed E-state index contributed by atoms with van der Waals surface area (Å²) in [7, 11) is 0. The fraction of sp³-hybridized carbons (Fsp3) is 0.538. The molecule has 0 radical (unpaired) electrons. The van der Waals surface area contributed by atoms with Crippen LogP contribution in [0.2, 0.25) is 0 Å². The van der Waals surface area contributed by atoms with E-state index in [4.69, 9.17) is 4.74 Å². The summed E-state index contributed by atoms with van der Waals surface area (Å²) in [6.45, 7) is 1.73. The molecule has 0 spiro atoms. The molecule has 0 heterocycles. The van der Waals surface area contributed by atoms with Gasteiger partial charge in [-0.05, 0) is 37.8 Å². The van der Waals surface area contributed by atoms with Gasteiger partial charge in [-0.15, -0.1) is 0 Å². The lowest BCUT2D eigenvalue weighted by Gasteiger charge is -2.27. The second kappa shape index (κ2) is 5.33. The summed E-state index contributed by atoms with van der Waals surface area (Å²) in [6.07, 6.45) is 1.76. The van der Waals surface area contributed by atoms with E-state index >= 15 is 0 Å². The first-order valence-corrected chi connectivity index (χ1v) is 6.13. The summed E-state index contributed by atoms with van der Waals surface area (Å²) in [4.78, 5) is 10.2. The highest BCUT2D eigenvalue weighted by atomic mass is 19.1. The fourth-order valence-corrected chi connectivity index (χ4v) is 2.23. The Morgan fingerprint density at radius 3 is 2.72 bits per heavy atom. The Balaban J connectivity index is 2.11. The number of hydrogen-bond donors (Lipinski definition) is 0. The van der Waals surface area contributed by atoms with E-state index in [0.29, 0.717) is 24.2 Å². The van der Waals surface area contributed by atoms with Gasteiger partial charge in [0, 0.05) is 12.1 Å². The molecule has 0 amide bonds. The molecule has 4 nitrogen and oxygen atoms in total. The number of alkyl halides is 1. The smallest absolute Gasteiger partial charge is 0.269 e. The summed E-state index contributed by atoms with van der Waals surface area (Å²) < 4.78 is 19.3. The van der Waals surface area contributed by atoms with Gasteiger partial charge in [-0.1, -0.05) is 6.42 Å². The number of aryl methyl sites for hydroxylation is 1. The lowest BCUT2D eigenvalue weighted by Crippen LogP contribution is -2.31. The third kappa shape index (κ3) is 2.78. The number of nitrogens with zero attached hydrogens (tertiary/aromatic N) is 1. The van der Waals surface area contributed by atoms with E-state index in [0.717, 1.165) is 12.8 Å². The summed E-state index contributed by atoms with van der Waals surface area (Å²) in [5.74, 6) is 0.537. The van der Waals surface area contributed by atoms with Crippen LogP contribution >= 0.6 is 0 Å². The minimum Gasteiger partial charge on any atom is -0.487 e. The minimum atomic E-state index is -0.937. The molecule has 2 atom stereocenters. The number of benzene rings is 1. The van der Waals surface area contributed by atoms with Crippen molar-refractivity contribution in [3.8, 4) is 5.75 Å². The van der Waals surface area contributed by atoms with E-state index in [1.54, 1.807) is 13.0 Å². The first-order valence-electron chi connectivity index (χ1n) is 6.13. The SMILES string of the molecule is Cc1cc([N+](=O)[O-])ccc1O[C@H]1CCCC[C@@H]1F. The van der Waals surface area contributed by atoms with Gasteiger partial charge in [0.05, 0.1) is 4.92 Å². The van der Waals surface area contributed by atoms with E-state index in [1.807, 2.05) is 0 Å². The molecule has 1 aromatic carbocycles. The van der Waals surface area contributed by atoms with Crippen molar-refractivity contribution in [2.24, 2.45) is 0 Å². The van der Waals surface area contributed by atoms with Gasteiger partial charge in [0.25, 0.3) is 5.69 Å². The average molecular weight is 253 g/mol. The Morgan fingerprint density at radius 1 is 1.39 bits per heavy atom. The molecule has 0 aliphatic heterocycles. The van der Waals surface area contributed by atoms with Crippen LogP contribution in [0.15, 0.2) is 18.2 Å². The maximum Gasteiger partial charge on any atom is 0.269 e. The molecule has 0 aromatic heterocycles. The maximum absolute atomic E-state index is 13.6. The molecule has 1 saturated carbocycles. The predicted molar refractivity (Wildman–Crippen MR) is 65.6 cm³/mol. The van der Waals surface area contributed by atoms with E-state index in [2.05, 4.69) is 0 Å². The Morgan fingerprint density at radius 2 is 2.11 bits per heavy atom. The zero-order valence-corrected chi connectivity index (χ0v) is 10.3. The molecule has 1 fully saturated rings. The molecule has 0 bridgehead atoms. The van der Waals surface area contributed by atoms with Crippen molar-refractivity contribution in [3.63, 3.8) is 0 Å². The van der Waals surface area contributed by atoms with Crippen molar-refractivity contribution in [1.82, 2.24) is 0 Å². The molecular formula is C13H16FNO3. The monoisotopic (exact) mass is 253 g/mol.